The molecule has 152 valence electrons. The van der Waals surface area contributed by atoms with Crippen molar-refractivity contribution in [1.29, 1.82) is 0 Å². The molecule has 0 saturated heterocycles. The van der Waals surface area contributed by atoms with Gasteiger partial charge in [0.1, 0.15) is 5.82 Å². The summed E-state index contributed by atoms with van der Waals surface area (Å²) in [6.45, 7) is 9.17. The first kappa shape index (κ1) is 21.1. The molecule has 0 heterocycles. The minimum Gasteiger partial charge on any atom is -0.206 e. The molecule has 0 amide bonds. The van der Waals surface area contributed by atoms with Crippen LogP contribution in [0.15, 0.2) is 42.5 Å². The van der Waals surface area contributed by atoms with Crippen LogP contribution in [0.5, 0.6) is 0 Å². The fourth-order valence-corrected chi connectivity index (χ4v) is 4.69. The van der Waals surface area contributed by atoms with Gasteiger partial charge in [-0.1, -0.05) is 83.4 Å². The SMILES string of the molecule is CCC(CCC(C)C)c1ccc(-c2ccc(C3CCC(C)CC3)cc2F)cc1. The molecule has 0 N–H and O–H groups in total. The lowest BCUT2D eigenvalue weighted by atomic mass is 9.79. The van der Waals surface area contributed by atoms with Gasteiger partial charge in [-0.2, -0.15) is 0 Å². The Labute approximate surface area is 171 Å². The summed E-state index contributed by atoms with van der Waals surface area (Å²) in [5.74, 6) is 2.64. The summed E-state index contributed by atoms with van der Waals surface area (Å²) < 4.78 is 14.9. The molecular formula is C27H37F. The topological polar surface area (TPSA) is 0 Å². The molecule has 0 aromatic heterocycles. The highest BCUT2D eigenvalue weighted by atomic mass is 19.1. The van der Waals surface area contributed by atoms with Crippen molar-refractivity contribution < 1.29 is 4.39 Å². The second-order valence-electron chi connectivity index (χ2n) is 9.39. The van der Waals surface area contributed by atoms with Crippen molar-refractivity contribution in [3.8, 4) is 11.1 Å². The van der Waals surface area contributed by atoms with E-state index in [2.05, 4.69) is 58.0 Å². The first-order valence-corrected chi connectivity index (χ1v) is 11.4. The van der Waals surface area contributed by atoms with E-state index in [9.17, 15) is 4.39 Å². The van der Waals surface area contributed by atoms with Gasteiger partial charge in [0.05, 0.1) is 0 Å². The Morgan fingerprint density at radius 1 is 0.929 bits per heavy atom. The smallest absolute Gasteiger partial charge is 0.131 e. The predicted octanol–water partition coefficient (Wildman–Crippen LogP) is 8.72. The summed E-state index contributed by atoms with van der Waals surface area (Å²) >= 11 is 0. The molecule has 1 unspecified atom stereocenters. The standard InChI is InChI=1S/C27H37F/c1-5-21(9-6-19(2)3)22-12-14-24(15-13-22)26-17-16-25(18-27(26)28)23-10-7-20(4)8-11-23/h12-21,23H,5-11H2,1-4H3. The van der Waals surface area contributed by atoms with E-state index in [1.54, 1.807) is 6.07 Å². The van der Waals surface area contributed by atoms with Gasteiger partial charge >= 0.3 is 0 Å². The van der Waals surface area contributed by atoms with E-state index >= 15 is 0 Å². The summed E-state index contributed by atoms with van der Waals surface area (Å²) in [4.78, 5) is 0. The highest BCUT2D eigenvalue weighted by Gasteiger charge is 2.21. The fourth-order valence-electron chi connectivity index (χ4n) is 4.69. The van der Waals surface area contributed by atoms with Crippen LogP contribution in [0.1, 0.15) is 95.6 Å². The zero-order valence-electron chi connectivity index (χ0n) is 18.2. The number of halogens is 1. The van der Waals surface area contributed by atoms with Crippen LogP contribution in [0, 0.1) is 17.7 Å². The summed E-state index contributed by atoms with van der Waals surface area (Å²) in [5, 5.41) is 0. The van der Waals surface area contributed by atoms with E-state index in [-0.39, 0.29) is 5.82 Å². The minimum absolute atomic E-state index is 0.0734. The van der Waals surface area contributed by atoms with Gasteiger partial charge in [0, 0.05) is 5.56 Å². The molecule has 2 aromatic rings. The van der Waals surface area contributed by atoms with Gasteiger partial charge in [0.15, 0.2) is 0 Å². The van der Waals surface area contributed by atoms with Gasteiger partial charge in [-0.15, -0.1) is 0 Å². The van der Waals surface area contributed by atoms with Gasteiger partial charge in [-0.05, 0) is 72.1 Å². The molecule has 28 heavy (non-hydrogen) atoms. The maximum atomic E-state index is 14.9. The number of rotatable bonds is 7. The van der Waals surface area contributed by atoms with E-state index in [4.69, 9.17) is 0 Å². The first-order chi connectivity index (χ1) is 13.5. The van der Waals surface area contributed by atoms with Gasteiger partial charge in [0.25, 0.3) is 0 Å². The molecule has 0 spiro atoms. The minimum atomic E-state index is -0.0734. The average molecular weight is 381 g/mol. The van der Waals surface area contributed by atoms with Gasteiger partial charge < -0.3 is 0 Å². The Balaban J connectivity index is 1.72. The lowest BCUT2D eigenvalue weighted by Crippen LogP contribution is -2.11. The Hall–Kier alpha value is -1.63. The lowest BCUT2D eigenvalue weighted by Gasteiger charge is -2.26. The average Bonchev–Trinajstić information content (AvgIpc) is 2.69. The second kappa shape index (κ2) is 9.72. The predicted molar refractivity (Wildman–Crippen MR) is 119 cm³/mol. The Morgan fingerprint density at radius 2 is 1.61 bits per heavy atom. The van der Waals surface area contributed by atoms with Crippen LogP contribution in [-0.2, 0) is 0 Å². The molecule has 1 aliphatic rings. The maximum Gasteiger partial charge on any atom is 0.131 e. The van der Waals surface area contributed by atoms with Crippen LogP contribution in [0.4, 0.5) is 4.39 Å². The van der Waals surface area contributed by atoms with Crippen molar-refractivity contribution >= 4 is 0 Å². The third-order valence-electron chi connectivity index (χ3n) is 6.76. The van der Waals surface area contributed by atoms with E-state index in [1.165, 1.54) is 49.7 Å². The van der Waals surface area contributed by atoms with E-state index in [1.807, 2.05) is 6.07 Å². The third kappa shape index (κ3) is 5.25. The summed E-state index contributed by atoms with van der Waals surface area (Å²) in [6, 6.07) is 14.6. The Bertz CT molecular complexity index is 735. The van der Waals surface area contributed by atoms with E-state index in [0.717, 1.165) is 29.4 Å². The quantitative estimate of drug-likeness (QED) is 0.450. The van der Waals surface area contributed by atoms with Crippen molar-refractivity contribution in [3.05, 3.63) is 59.4 Å². The summed E-state index contributed by atoms with van der Waals surface area (Å²) in [5.41, 5.74) is 4.29. The zero-order valence-corrected chi connectivity index (χ0v) is 18.2. The summed E-state index contributed by atoms with van der Waals surface area (Å²) in [7, 11) is 0. The fraction of sp³-hybridized carbons (Fsp3) is 0.556. The van der Waals surface area contributed by atoms with Crippen LogP contribution in [0.3, 0.4) is 0 Å². The van der Waals surface area contributed by atoms with Crippen LogP contribution >= 0.6 is 0 Å². The van der Waals surface area contributed by atoms with Crippen LogP contribution in [0.2, 0.25) is 0 Å². The van der Waals surface area contributed by atoms with Gasteiger partial charge in [-0.25, -0.2) is 4.39 Å². The van der Waals surface area contributed by atoms with Crippen LogP contribution < -0.4 is 0 Å². The number of hydrogen-bond acceptors (Lipinski definition) is 0. The molecule has 0 nitrogen and oxygen atoms in total. The molecule has 1 atom stereocenters. The van der Waals surface area contributed by atoms with E-state index in [0.29, 0.717) is 11.8 Å². The first-order valence-electron chi connectivity index (χ1n) is 11.4. The number of benzene rings is 2. The molecule has 1 aliphatic carbocycles. The molecular weight excluding hydrogens is 343 g/mol. The molecule has 1 heteroatoms. The molecule has 1 saturated carbocycles. The maximum absolute atomic E-state index is 14.9. The Morgan fingerprint density at radius 3 is 2.18 bits per heavy atom. The molecule has 0 aliphatic heterocycles. The van der Waals surface area contributed by atoms with Crippen LogP contribution in [-0.4, -0.2) is 0 Å². The van der Waals surface area contributed by atoms with Crippen molar-refractivity contribution in [2.75, 3.05) is 0 Å². The van der Waals surface area contributed by atoms with Crippen molar-refractivity contribution in [2.45, 2.75) is 84.5 Å². The summed E-state index contributed by atoms with van der Waals surface area (Å²) in [6.07, 6.45) is 8.59. The molecule has 2 aromatic carbocycles. The highest BCUT2D eigenvalue weighted by molar-refractivity contribution is 5.65. The van der Waals surface area contributed by atoms with Crippen molar-refractivity contribution in [1.82, 2.24) is 0 Å². The van der Waals surface area contributed by atoms with Crippen molar-refractivity contribution in [2.24, 2.45) is 11.8 Å². The third-order valence-corrected chi connectivity index (χ3v) is 6.76. The molecule has 1 fully saturated rings. The molecule has 3 rings (SSSR count). The normalized spacial score (nSPS) is 21.1. The highest BCUT2D eigenvalue weighted by Crippen LogP contribution is 2.37. The number of hydrogen-bond donors (Lipinski definition) is 0. The van der Waals surface area contributed by atoms with Crippen LogP contribution in [0.25, 0.3) is 11.1 Å². The van der Waals surface area contributed by atoms with Gasteiger partial charge in [-0.3, -0.25) is 0 Å². The lowest BCUT2D eigenvalue weighted by molar-refractivity contribution is 0.347. The molecule has 0 bridgehead atoms. The Kier molecular flexibility index (Phi) is 7.32. The largest absolute Gasteiger partial charge is 0.206 e. The molecule has 0 radical (unpaired) electrons. The monoisotopic (exact) mass is 380 g/mol. The van der Waals surface area contributed by atoms with Gasteiger partial charge in [0.2, 0.25) is 0 Å². The second-order valence-corrected chi connectivity index (χ2v) is 9.39. The zero-order chi connectivity index (χ0) is 20.1. The van der Waals surface area contributed by atoms with E-state index < -0.39 is 0 Å². The van der Waals surface area contributed by atoms with Crippen molar-refractivity contribution in [3.63, 3.8) is 0 Å².